The second kappa shape index (κ2) is 10.5. The van der Waals surface area contributed by atoms with Gasteiger partial charge in [-0.15, -0.1) is 4.72 Å². The molecule has 1 amide bonds. The summed E-state index contributed by atoms with van der Waals surface area (Å²) in [6.07, 6.45) is 0.673. The maximum atomic E-state index is 13.2. The van der Waals surface area contributed by atoms with Gasteiger partial charge in [-0.2, -0.15) is 13.2 Å². The van der Waals surface area contributed by atoms with Gasteiger partial charge in [-0.25, -0.2) is 0 Å². The molecule has 0 spiro atoms. The van der Waals surface area contributed by atoms with E-state index >= 15 is 0 Å². The van der Waals surface area contributed by atoms with Crippen molar-refractivity contribution in [1.82, 2.24) is 10.0 Å². The smallest absolute Gasteiger partial charge is 0.326 e. The second-order valence-corrected chi connectivity index (χ2v) is 10.6. The average molecular weight is 524 g/mol. The molecule has 0 bridgehead atoms. The number of hydrogen-bond donors (Lipinski definition) is 2. The number of rotatable bonds is 6. The second-order valence-electron chi connectivity index (χ2n) is 9.24. The van der Waals surface area contributed by atoms with E-state index in [-0.39, 0.29) is 11.9 Å². The standard InChI is InChI=1S/C29H25F3N2O2S/c30-29(31,32)22-13-10-19(11-14-22)26-8-4-5-9-27(26)28(35)33-23-15-12-20-16-24(18-21(20)17-23)34-37(36)25-6-2-1-3-7-25/h1-11,13-14,17,24H,12,15-16,18H2,(H,33,35)(H,34,36)/p+1. The molecule has 3 aromatic rings. The van der Waals surface area contributed by atoms with Crippen LogP contribution < -0.4 is 10.0 Å². The van der Waals surface area contributed by atoms with Crippen LogP contribution in [-0.4, -0.2) is 11.9 Å². The van der Waals surface area contributed by atoms with Crippen LogP contribution in [0.1, 0.15) is 41.6 Å². The highest BCUT2D eigenvalue weighted by Crippen LogP contribution is 2.36. The number of alkyl halides is 3. The summed E-state index contributed by atoms with van der Waals surface area (Å²) in [6, 6.07) is 21.1. The summed E-state index contributed by atoms with van der Waals surface area (Å²) in [6.45, 7) is 0. The van der Waals surface area contributed by atoms with Crippen LogP contribution in [0.3, 0.4) is 0 Å². The van der Waals surface area contributed by atoms with E-state index < -0.39 is 22.7 Å². The van der Waals surface area contributed by atoms with Gasteiger partial charge in [0.15, 0.2) is 15.9 Å². The van der Waals surface area contributed by atoms with Gasteiger partial charge >= 0.3 is 6.18 Å². The highest BCUT2D eigenvalue weighted by Gasteiger charge is 2.31. The quantitative estimate of drug-likeness (QED) is 0.286. The van der Waals surface area contributed by atoms with E-state index in [1.165, 1.54) is 17.7 Å². The molecule has 37 heavy (non-hydrogen) atoms. The van der Waals surface area contributed by atoms with Gasteiger partial charge in [0, 0.05) is 11.3 Å². The summed E-state index contributed by atoms with van der Waals surface area (Å²) >= 11 is 0. The molecule has 0 radical (unpaired) electrons. The number of carbonyl (C=O) groups is 1. The van der Waals surface area contributed by atoms with E-state index in [1.807, 2.05) is 36.4 Å². The van der Waals surface area contributed by atoms with Crippen molar-refractivity contribution in [2.24, 2.45) is 0 Å². The molecular weight excluding hydrogens is 497 g/mol. The Bertz CT molecular complexity index is 1400. The van der Waals surface area contributed by atoms with Crippen molar-refractivity contribution >= 4 is 16.9 Å². The molecule has 8 heteroatoms. The van der Waals surface area contributed by atoms with Crippen molar-refractivity contribution in [1.29, 1.82) is 0 Å². The van der Waals surface area contributed by atoms with Crippen LogP contribution in [0.25, 0.3) is 11.1 Å². The maximum absolute atomic E-state index is 13.2. The third kappa shape index (κ3) is 5.76. The van der Waals surface area contributed by atoms with Crippen LogP contribution in [0, 0.1) is 0 Å². The van der Waals surface area contributed by atoms with Gasteiger partial charge in [0.2, 0.25) is 0 Å². The molecule has 0 aliphatic heterocycles. The number of hydrogen-bond acceptors (Lipinski definition) is 2. The fourth-order valence-electron chi connectivity index (χ4n) is 4.88. The Kier molecular flexibility index (Phi) is 7.13. The zero-order chi connectivity index (χ0) is 26.0. The first-order chi connectivity index (χ1) is 17.8. The molecule has 0 saturated heterocycles. The van der Waals surface area contributed by atoms with Crippen LogP contribution in [0.4, 0.5) is 13.2 Å². The molecule has 2 N–H and O–H groups in total. The lowest BCUT2D eigenvalue weighted by molar-refractivity contribution is -0.137. The Labute approximate surface area is 215 Å². The van der Waals surface area contributed by atoms with Gasteiger partial charge in [0.25, 0.3) is 5.91 Å². The first-order valence-electron chi connectivity index (χ1n) is 12.1. The Morgan fingerprint density at radius 1 is 0.865 bits per heavy atom. The number of nitrogens with one attached hydrogen (secondary N) is 2. The number of halogens is 3. The molecule has 0 saturated carbocycles. The molecule has 2 aliphatic carbocycles. The van der Waals surface area contributed by atoms with Gasteiger partial charge in [0.1, 0.15) is 0 Å². The van der Waals surface area contributed by atoms with Crippen LogP contribution in [0.2, 0.25) is 0 Å². The van der Waals surface area contributed by atoms with Crippen molar-refractivity contribution < 1.29 is 22.2 Å². The minimum Gasteiger partial charge on any atom is -0.326 e. The first kappa shape index (κ1) is 25.2. The third-order valence-corrected chi connectivity index (χ3v) is 8.08. The predicted molar refractivity (Wildman–Crippen MR) is 139 cm³/mol. The van der Waals surface area contributed by atoms with E-state index in [9.17, 15) is 22.2 Å². The number of thiol groups is 1. The first-order valence-corrected chi connectivity index (χ1v) is 13.3. The molecule has 0 aromatic heterocycles. The summed E-state index contributed by atoms with van der Waals surface area (Å²) in [5.74, 6) is -0.300. The minimum atomic E-state index is -4.41. The van der Waals surface area contributed by atoms with E-state index in [2.05, 4.69) is 10.0 Å². The van der Waals surface area contributed by atoms with Crippen LogP contribution in [0.5, 0.6) is 0 Å². The Hall–Kier alpha value is -3.49. The van der Waals surface area contributed by atoms with Crippen LogP contribution in [-0.2, 0) is 21.4 Å². The summed E-state index contributed by atoms with van der Waals surface area (Å²) in [5.41, 5.74) is 4.06. The number of amides is 1. The average Bonchev–Trinajstić information content (AvgIpc) is 3.30. The Morgan fingerprint density at radius 2 is 1.57 bits per heavy atom. The van der Waals surface area contributed by atoms with Crippen molar-refractivity contribution in [3.05, 3.63) is 113 Å². The van der Waals surface area contributed by atoms with Gasteiger partial charge in [0.05, 0.1) is 11.6 Å². The van der Waals surface area contributed by atoms with Crippen molar-refractivity contribution in [3.8, 4) is 11.1 Å². The molecule has 2 unspecified atom stereocenters. The molecule has 5 rings (SSSR count). The number of benzene rings is 3. The molecule has 2 atom stereocenters. The fourth-order valence-corrected chi connectivity index (χ4v) is 5.99. The van der Waals surface area contributed by atoms with Crippen LogP contribution >= 0.6 is 0 Å². The monoisotopic (exact) mass is 523 g/mol. The van der Waals surface area contributed by atoms with E-state index in [0.717, 1.165) is 47.6 Å². The predicted octanol–water partition coefficient (Wildman–Crippen LogP) is 6.50. The lowest BCUT2D eigenvalue weighted by Gasteiger charge is -2.17. The normalized spacial score (nSPS) is 18.2. The molecule has 2 aliphatic rings. The molecular formula is C29H26F3N2O2S+. The maximum Gasteiger partial charge on any atom is 0.416 e. The van der Waals surface area contributed by atoms with Gasteiger partial charge < -0.3 is 5.32 Å². The number of allylic oxidation sites excluding steroid dienone is 2. The number of carbonyl (C=O) groups excluding carboxylic acids is 1. The Balaban J connectivity index is 1.27. The van der Waals surface area contributed by atoms with Crippen molar-refractivity contribution in [3.63, 3.8) is 0 Å². The highest BCUT2D eigenvalue weighted by atomic mass is 32.2. The van der Waals surface area contributed by atoms with Crippen molar-refractivity contribution in [2.75, 3.05) is 0 Å². The summed E-state index contributed by atoms with van der Waals surface area (Å²) in [5, 5.41) is 3.00. The molecule has 0 heterocycles. The molecule has 190 valence electrons. The van der Waals surface area contributed by atoms with Gasteiger partial charge in [-0.3, -0.25) is 4.79 Å². The lowest BCUT2D eigenvalue weighted by atomic mass is 9.96. The lowest BCUT2D eigenvalue weighted by Crippen LogP contribution is -2.28. The van der Waals surface area contributed by atoms with Crippen molar-refractivity contribution in [2.45, 2.75) is 42.8 Å². The summed E-state index contributed by atoms with van der Waals surface area (Å²) in [7, 11) is -1.68. The largest absolute Gasteiger partial charge is 0.416 e. The third-order valence-electron chi connectivity index (χ3n) is 6.72. The zero-order valence-electron chi connectivity index (χ0n) is 19.9. The highest BCUT2D eigenvalue weighted by molar-refractivity contribution is 7.83. The SMILES string of the molecule is O=C(NC1=CC2=C(CC1)CC(N[SH+](=O)c1ccccc1)C2)c1ccccc1-c1ccc(C(F)(F)F)cc1. The zero-order valence-corrected chi connectivity index (χ0v) is 20.8. The van der Waals surface area contributed by atoms with Crippen LogP contribution in [0.15, 0.2) is 107 Å². The molecule has 4 nitrogen and oxygen atoms in total. The van der Waals surface area contributed by atoms with Gasteiger partial charge in [-0.1, -0.05) is 58.3 Å². The van der Waals surface area contributed by atoms with E-state index in [4.69, 9.17) is 0 Å². The topological polar surface area (TPSA) is 58.2 Å². The Morgan fingerprint density at radius 3 is 2.30 bits per heavy atom. The minimum absolute atomic E-state index is 0.0838. The fraction of sp³-hybridized carbons (Fsp3) is 0.207. The van der Waals surface area contributed by atoms with E-state index in [1.54, 1.807) is 24.3 Å². The van der Waals surface area contributed by atoms with Gasteiger partial charge in [-0.05, 0) is 78.8 Å². The van der Waals surface area contributed by atoms with E-state index in [0.29, 0.717) is 23.1 Å². The summed E-state index contributed by atoms with van der Waals surface area (Å²) < 4.78 is 54.8. The molecule has 3 aromatic carbocycles. The molecule has 0 fully saturated rings. The summed E-state index contributed by atoms with van der Waals surface area (Å²) in [4.78, 5) is 14.0.